The van der Waals surface area contributed by atoms with Gasteiger partial charge in [0, 0.05) is 5.69 Å². The summed E-state index contributed by atoms with van der Waals surface area (Å²) in [6.45, 7) is 6.06. The van der Waals surface area contributed by atoms with Crippen LogP contribution >= 0.6 is 15.9 Å². The van der Waals surface area contributed by atoms with E-state index in [1.54, 1.807) is 0 Å². The number of rotatable bonds is 3. The van der Waals surface area contributed by atoms with Gasteiger partial charge in [-0.25, -0.2) is 0 Å². The number of amides is 1. The van der Waals surface area contributed by atoms with E-state index >= 15 is 0 Å². The molecule has 0 atom stereocenters. The van der Waals surface area contributed by atoms with Gasteiger partial charge in [-0.15, -0.1) is 0 Å². The van der Waals surface area contributed by atoms with E-state index in [9.17, 15) is 4.79 Å². The maximum atomic E-state index is 12.3. The molecule has 0 radical (unpaired) electrons. The van der Waals surface area contributed by atoms with Crippen molar-refractivity contribution in [1.82, 2.24) is 0 Å². The SMILES string of the molecule is Cc1cc(C)c(NC(=O)C(Br)=Cc2ccccc2)c(C)c1. The zero-order chi connectivity index (χ0) is 15.4. The first-order valence-electron chi connectivity index (χ1n) is 6.79. The molecule has 0 bridgehead atoms. The number of anilines is 1. The first kappa shape index (κ1) is 15.5. The third-order valence-electron chi connectivity index (χ3n) is 3.23. The van der Waals surface area contributed by atoms with E-state index in [2.05, 4.69) is 40.3 Å². The zero-order valence-corrected chi connectivity index (χ0v) is 14.0. The standard InChI is InChI=1S/C18H18BrNO/c1-12-9-13(2)17(14(3)10-12)20-18(21)16(19)11-15-7-5-4-6-8-15/h4-11H,1-3H3,(H,20,21). The average Bonchev–Trinajstić information content (AvgIpc) is 2.43. The first-order chi connectivity index (χ1) is 9.97. The maximum absolute atomic E-state index is 12.3. The number of benzene rings is 2. The lowest BCUT2D eigenvalue weighted by Crippen LogP contribution is -2.13. The molecule has 1 N–H and O–H groups in total. The van der Waals surface area contributed by atoms with E-state index in [-0.39, 0.29) is 5.91 Å². The first-order valence-corrected chi connectivity index (χ1v) is 7.58. The highest BCUT2D eigenvalue weighted by molar-refractivity contribution is 9.12. The largest absolute Gasteiger partial charge is 0.321 e. The average molecular weight is 344 g/mol. The summed E-state index contributed by atoms with van der Waals surface area (Å²) in [6, 6.07) is 13.9. The predicted molar refractivity (Wildman–Crippen MR) is 92.6 cm³/mol. The van der Waals surface area contributed by atoms with Gasteiger partial charge in [0.05, 0.1) is 4.48 Å². The Bertz CT molecular complexity index is 667. The lowest BCUT2D eigenvalue weighted by atomic mass is 10.1. The van der Waals surface area contributed by atoms with Gasteiger partial charge in [-0.3, -0.25) is 4.79 Å². The Labute approximate surface area is 134 Å². The van der Waals surface area contributed by atoms with Gasteiger partial charge >= 0.3 is 0 Å². The quantitative estimate of drug-likeness (QED) is 0.781. The molecule has 2 aromatic carbocycles. The third-order valence-corrected chi connectivity index (χ3v) is 3.81. The van der Waals surface area contributed by atoms with Crippen molar-refractivity contribution in [2.24, 2.45) is 0 Å². The van der Waals surface area contributed by atoms with Crippen LogP contribution < -0.4 is 5.32 Å². The number of carbonyl (C=O) groups excluding carboxylic acids is 1. The van der Waals surface area contributed by atoms with Gasteiger partial charge < -0.3 is 5.32 Å². The van der Waals surface area contributed by atoms with Crippen molar-refractivity contribution >= 4 is 33.6 Å². The van der Waals surface area contributed by atoms with E-state index in [4.69, 9.17) is 0 Å². The van der Waals surface area contributed by atoms with Gasteiger partial charge in [-0.2, -0.15) is 0 Å². The molecule has 0 saturated heterocycles. The Morgan fingerprint density at radius 3 is 2.19 bits per heavy atom. The number of hydrogen-bond donors (Lipinski definition) is 1. The molecule has 0 unspecified atom stereocenters. The summed E-state index contributed by atoms with van der Waals surface area (Å²) in [5, 5.41) is 2.97. The van der Waals surface area contributed by atoms with Crippen molar-refractivity contribution in [3.8, 4) is 0 Å². The van der Waals surface area contributed by atoms with Crippen LogP contribution in [0.25, 0.3) is 6.08 Å². The summed E-state index contributed by atoms with van der Waals surface area (Å²) in [4.78, 5) is 12.3. The number of hydrogen-bond acceptors (Lipinski definition) is 1. The van der Waals surface area contributed by atoms with E-state index in [0.29, 0.717) is 4.48 Å². The summed E-state index contributed by atoms with van der Waals surface area (Å²) in [5.41, 5.74) is 5.20. The molecule has 0 spiro atoms. The highest BCUT2D eigenvalue weighted by Crippen LogP contribution is 2.23. The minimum atomic E-state index is -0.145. The Morgan fingerprint density at radius 2 is 1.62 bits per heavy atom. The molecule has 0 aliphatic heterocycles. The minimum absolute atomic E-state index is 0.145. The van der Waals surface area contributed by atoms with Gasteiger partial charge in [0.15, 0.2) is 0 Å². The second kappa shape index (κ2) is 6.72. The molecule has 21 heavy (non-hydrogen) atoms. The van der Waals surface area contributed by atoms with Crippen molar-refractivity contribution in [3.63, 3.8) is 0 Å². The van der Waals surface area contributed by atoms with Gasteiger partial charge in [0.1, 0.15) is 0 Å². The molecule has 2 rings (SSSR count). The molecule has 1 amide bonds. The van der Waals surface area contributed by atoms with E-state index in [1.165, 1.54) is 5.56 Å². The highest BCUT2D eigenvalue weighted by Gasteiger charge is 2.10. The van der Waals surface area contributed by atoms with Gasteiger partial charge in [-0.1, -0.05) is 48.0 Å². The summed E-state index contributed by atoms with van der Waals surface area (Å²) < 4.78 is 0.507. The fourth-order valence-corrected chi connectivity index (χ4v) is 2.68. The number of nitrogens with one attached hydrogen (secondary N) is 1. The summed E-state index contributed by atoms with van der Waals surface area (Å²) >= 11 is 3.35. The van der Waals surface area contributed by atoms with Crippen LogP contribution in [0.15, 0.2) is 46.9 Å². The molecule has 108 valence electrons. The Kier molecular flexibility index (Phi) is 4.97. The van der Waals surface area contributed by atoms with Crippen molar-refractivity contribution in [1.29, 1.82) is 0 Å². The summed E-state index contributed by atoms with van der Waals surface area (Å²) in [5.74, 6) is -0.145. The van der Waals surface area contributed by atoms with Crippen LogP contribution in [0.4, 0.5) is 5.69 Å². The van der Waals surface area contributed by atoms with Crippen LogP contribution in [0.5, 0.6) is 0 Å². The van der Waals surface area contributed by atoms with E-state index < -0.39 is 0 Å². The smallest absolute Gasteiger partial charge is 0.262 e. The monoisotopic (exact) mass is 343 g/mol. The molecule has 2 aromatic rings. The lowest BCUT2D eigenvalue weighted by Gasteiger charge is -2.12. The number of carbonyl (C=O) groups is 1. The Morgan fingerprint density at radius 1 is 1.05 bits per heavy atom. The molecule has 0 aliphatic carbocycles. The summed E-state index contributed by atoms with van der Waals surface area (Å²) in [7, 11) is 0. The highest BCUT2D eigenvalue weighted by atomic mass is 79.9. The molecule has 0 fully saturated rings. The predicted octanol–water partition coefficient (Wildman–Crippen LogP) is 4.99. The Hall–Kier alpha value is -1.87. The maximum Gasteiger partial charge on any atom is 0.262 e. The van der Waals surface area contributed by atoms with Crippen molar-refractivity contribution < 1.29 is 4.79 Å². The van der Waals surface area contributed by atoms with Crippen LogP contribution in [0.3, 0.4) is 0 Å². The Balaban J connectivity index is 2.21. The van der Waals surface area contributed by atoms with Crippen molar-refractivity contribution in [3.05, 3.63) is 69.2 Å². The van der Waals surface area contributed by atoms with Crippen LogP contribution in [0.2, 0.25) is 0 Å². The lowest BCUT2D eigenvalue weighted by molar-refractivity contribution is -0.112. The van der Waals surface area contributed by atoms with Crippen LogP contribution in [-0.2, 0) is 4.79 Å². The zero-order valence-electron chi connectivity index (χ0n) is 12.4. The van der Waals surface area contributed by atoms with Gasteiger partial charge in [-0.05, 0) is 59.5 Å². The van der Waals surface area contributed by atoms with Crippen LogP contribution in [-0.4, -0.2) is 5.91 Å². The fraction of sp³-hybridized carbons (Fsp3) is 0.167. The molecule has 0 saturated carbocycles. The topological polar surface area (TPSA) is 29.1 Å². The normalized spacial score (nSPS) is 11.3. The molecule has 0 heterocycles. The second-order valence-corrected chi connectivity index (χ2v) is 5.99. The van der Waals surface area contributed by atoms with E-state index in [1.807, 2.05) is 50.3 Å². The second-order valence-electron chi connectivity index (χ2n) is 5.13. The number of halogens is 1. The number of aryl methyl sites for hydroxylation is 3. The fourth-order valence-electron chi connectivity index (χ4n) is 2.31. The van der Waals surface area contributed by atoms with Gasteiger partial charge in [0.25, 0.3) is 5.91 Å². The van der Waals surface area contributed by atoms with Crippen LogP contribution in [0.1, 0.15) is 22.3 Å². The minimum Gasteiger partial charge on any atom is -0.321 e. The molecule has 3 heteroatoms. The molecular weight excluding hydrogens is 326 g/mol. The van der Waals surface area contributed by atoms with Crippen molar-refractivity contribution in [2.45, 2.75) is 20.8 Å². The van der Waals surface area contributed by atoms with Gasteiger partial charge in [0.2, 0.25) is 0 Å². The van der Waals surface area contributed by atoms with Crippen molar-refractivity contribution in [2.75, 3.05) is 5.32 Å². The molecule has 2 nitrogen and oxygen atoms in total. The summed E-state index contributed by atoms with van der Waals surface area (Å²) in [6.07, 6.45) is 1.81. The van der Waals surface area contributed by atoms with E-state index in [0.717, 1.165) is 22.4 Å². The molecular formula is C18H18BrNO. The third kappa shape index (κ3) is 4.05. The molecule has 0 aliphatic rings. The van der Waals surface area contributed by atoms with Crippen LogP contribution in [0, 0.1) is 20.8 Å². The molecule has 0 aromatic heterocycles.